The van der Waals surface area contributed by atoms with E-state index in [4.69, 9.17) is 15.8 Å². The zero-order chi connectivity index (χ0) is 18.9. The Balaban J connectivity index is 1.69. The van der Waals surface area contributed by atoms with E-state index in [9.17, 15) is 8.42 Å². The van der Waals surface area contributed by atoms with Gasteiger partial charge in [0.1, 0.15) is 0 Å². The summed E-state index contributed by atoms with van der Waals surface area (Å²) in [5, 5.41) is 21.4. The van der Waals surface area contributed by atoms with Crippen LogP contribution < -0.4 is 11.1 Å². The molecule has 2 heterocycles. The fourth-order valence-corrected chi connectivity index (χ4v) is 6.62. The van der Waals surface area contributed by atoms with Crippen LogP contribution in [0.15, 0.2) is 0 Å². The lowest BCUT2D eigenvalue weighted by Gasteiger charge is -2.36. The van der Waals surface area contributed by atoms with Crippen molar-refractivity contribution in [2.75, 3.05) is 26.2 Å². The topological polar surface area (TPSA) is 119 Å². The first-order valence-electron chi connectivity index (χ1n) is 9.86. The van der Waals surface area contributed by atoms with E-state index in [2.05, 4.69) is 5.32 Å². The van der Waals surface area contributed by atoms with Gasteiger partial charge in [-0.2, -0.15) is 17.0 Å². The molecule has 0 spiro atoms. The molecule has 2 aliphatic heterocycles. The summed E-state index contributed by atoms with van der Waals surface area (Å²) in [6.45, 7) is 4.39. The van der Waals surface area contributed by atoms with Crippen molar-refractivity contribution >= 4 is 17.3 Å². The first-order chi connectivity index (χ1) is 12.2. The third kappa shape index (κ3) is 4.60. The summed E-state index contributed by atoms with van der Waals surface area (Å²) in [6.07, 6.45) is 5.26. The van der Waals surface area contributed by atoms with Gasteiger partial charge in [0.2, 0.25) is 0 Å². The Kier molecular flexibility index (Phi) is 6.33. The van der Waals surface area contributed by atoms with Crippen LogP contribution >= 0.6 is 0 Å². The summed E-state index contributed by atoms with van der Waals surface area (Å²) in [6, 6.07) is 0.233. The van der Waals surface area contributed by atoms with Crippen LogP contribution in [0, 0.1) is 5.92 Å². The molecule has 2 saturated heterocycles. The van der Waals surface area contributed by atoms with Gasteiger partial charge in [-0.15, -0.1) is 0 Å². The van der Waals surface area contributed by atoms with E-state index in [1.54, 1.807) is 8.61 Å². The standard InChI is InChI=1S/C16H33BN4O4S/c1-16(18)12-20(11-13(16)3-2-8-17(22)23)26(24,25)21(14-4-5-14)15-6-9-19-10-7-15/h13-15,19,22-23H,2-12,18H2,1H3/t13-,16-/m0/s1. The molecule has 0 bridgehead atoms. The summed E-state index contributed by atoms with van der Waals surface area (Å²) < 4.78 is 30.2. The molecule has 3 aliphatic rings. The van der Waals surface area contributed by atoms with Gasteiger partial charge >= 0.3 is 7.12 Å². The summed E-state index contributed by atoms with van der Waals surface area (Å²) in [7, 11) is -4.84. The van der Waals surface area contributed by atoms with Crippen molar-refractivity contribution in [2.45, 2.75) is 69.4 Å². The Morgan fingerprint density at radius 2 is 1.85 bits per heavy atom. The maximum atomic E-state index is 13.4. The molecule has 0 aromatic rings. The zero-order valence-corrected chi connectivity index (χ0v) is 16.5. The summed E-state index contributed by atoms with van der Waals surface area (Å²) in [4.78, 5) is 0. The molecule has 0 aromatic carbocycles. The third-order valence-electron chi connectivity index (χ3n) is 6.06. The fourth-order valence-electron chi connectivity index (χ4n) is 4.37. The highest BCUT2D eigenvalue weighted by atomic mass is 32.2. The van der Waals surface area contributed by atoms with Crippen molar-refractivity contribution in [3.8, 4) is 0 Å². The van der Waals surface area contributed by atoms with E-state index in [1.807, 2.05) is 6.92 Å². The highest BCUT2D eigenvalue weighted by Crippen LogP contribution is 2.38. The lowest BCUT2D eigenvalue weighted by atomic mass is 9.79. The largest absolute Gasteiger partial charge is 0.451 e. The summed E-state index contributed by atoms with van der Waals surface area (Å²) >= 11 is 0. The molecule has 0 radical (unpaired) electrons. The SMILES string of the molecule is C[C@]1(N)CN(S(=O)(=O)N(C2CCNCC2)C2CC2)C[C@@H]1CCCB(O)O. The van der Waals surface area contributed by atoms with Crippen molar-refractivity contribution in [1.82, 2.24) is 13.9 Å². The molecule has 10 heteroatoms. The molecule has 2 atom stereocenters. The highest BCUT2D eigenvalue weighted by Gasteiger charge is 2.50. The van der Waals surface area contributed by atoms with E-state index >= 15 is 0 Å². The fraction of sp³-hybridized carbons (Fsp3) is 1.00. The average Bonchev–Trinajstić information content (AvgIpc) is 3.32. The Labute approximate surface area is 157 Å². The van der Waals surface area contributed by atoms with Gasteiger partial charge in [0.25, 0.3) is 10.2 Å². The molecule has 1 aliphatic carbocycles. The van der Waals surface area contributed by atoms with E-state index in [-0.39, 0.29) is 18.0 Å². The summed E-state index contributed by atoms with van der Waals surface area (Å²) in [5.41, 5.74) is 5.85. The molecule has 26 heavy (non-hydrogen) atoms. The van der Waals surface area contributed by atoms with Crippen LogP contribution in [-0.4, -0.2) is 78.0 Å². The quantitative estimate of drug-likeness (QED) is 0.411. The molecular weight excluding hydrogens is 355 g/mol. The molecule has 3 fully saturated rings. The normalized spacial score (nSPS) is 31.7. The smallest absolute Gasteiger partial charge is 0.427 e. The predicted molar refractivity (Wildman–Crippen MR) is 102 cm³/mol. The molecule has 0 amide bonds. The molecule has 5 N–H and O–H groups in total. The Morgan fingerprint density at radius 1 is 1.23 bits per heavy atom. The molecule has 8 nitrogen and oxygen atoms in total. The maximum Gasteiger partial charge on any atom is 0.451 e. The van der Waals surface area contributed by atoms with Crippen molar-refractivity contribution in [2.24, 2.45) is 11.7 Å². The van der Waals surface area contributed by atoms with Gasteiger partial charge in [0.15, 0.2) is 0 Å². The predicted octanol–water partition coefficient (Wildman–Crippen LogP) is -0.650. The van der Waals surface area contributed by atoms with Gasteiger partial charge in [-0.3, -0.25) is 0 Å². The van der Waals surface area contributed by atoms with Crippen LogP contribution in [0.25, 0.3) is 0 Å². The van der Waals surface area contributed by atoms with Gasteiger partial charge in [-0.25, -0.2) is 0 Å². The number of hydrogen-bond donors (Lipinski definition) is 4. The third-order valence-corrected chi connectivity index (χ3v) is 8.12. The average molecular weight is 388 g/mol. The van der Waals surface area contributed by atoms with Crippen molar-refractivity contribution in [3.05, 3.63) is 0 Å². The van der Waals surface area contributed by atoms with Gasteiger partial charge in [0, 0.05) is 30.7 Å². The second-order valence-corrected chi connectivity index (χ2v) is 10.3. The highest BCUT2D eigenvalue weighted by molar-refractivity contribution is 7.86. The van der Waals surface area contributed by atoms with E-state index < -0.39 is 22.9 Å². The monoisotopic (exact) mass is 388 g/mol. The molecule has 1 saturated carbocycles. The molecular formula is C16H33BN4O4S. The molecule has 0 unspecified atom stereocenters. The lowest BCUT2D eigenvalue weighted by Crippen LogP contribution is -2.53. The number of nitrogens with one attached hydrogen (secondary N) is 1. The number of rotatable bonds is 8. The van der Waals surface area contributed by atoms with Gasteiger partial charge in [0.05, 0.1) is 0 Å². The minimum absolute atomic E-state index is 0.0325. The van der Waals surface area contributed by atoms with E-state index in [1.165, 1.54) is 0 Å². The number of hydrogen-bond acceptors (Lipinski definition) is 6. The van der Waals surface area contributed by atoms with E-state index in [0.717, 1.165) is 38.8 Å². The van der Waals surface area contributed by atoms with Crippen LogP contribution in [0.5, 0.6) is 0 Å². The van der Waals surface area contributed by atoms with Crippen LogP contribution in [-0.2, 0) is 10.2 Å². The van der Waals surface area contributed by atoms with Crippen LogP contribution in [0.3, 0.4) is 0 Å². The number of piperidine rings is 1. The van der Waals surface area contributed by atoms with Crippen molar-refractivity contribution in [3.63, 3.8) is 0 Å². The first-order valence-corrected chi connectivity index (χ1v) is 11.3. The minimum Gasteiger partial charge on any atom is -0.427 e. The maximum absolute atomic E-state index is 13.4. The second-order valence-electron chi connectivity index (χ2n) is 8.46. The lowest BCUT2D eigenvalue weighted by molar-refractivity contribution is 0.238. The van der Waals surface area contributed by atoms with E-state index in [0.29, 0.717) is 32.3 Å². The molecule has 3 rings (SSSR count). The van der Waals surface area contributed by atoms with Gasteiger partial charge < -0.3 is 21.1 Å². The Hall–Kier alpha value is -0.225. The van der Waals surface area contributed by atoms with Gasteiger partial charge in [-0.1, -0.05) is 6.42 Å². The first kappa shape index (κ1) is 20.5. The number of nitrogens with two attached hydrogens (primary N) is 1. The Morgan fingerprint density at radius 3 is 2.42 bits per heavy atom. The molecule has 0 aromatic heterocycles. The van der Waals surface area contributed by atoms with Crippen LogP contribution in [0.2, 0.25) is 6.32 Å². The van der Waals surface area contributed by atoms with Gasteiger partial charge in [-0.05, 0) is 64.4 Å². The van der Waals surface area contributed by atoms with Crippen LogP contribution in [0.1, 0.15) is 45.4 Å². The van der Waals surface area contributed by atoms with Crippen LogP contribution in [0.4, 0.5) is 0 Å². The van der Waals surface area contributed by atoms with Crippen molar-refractivity contribution in [1.29, 1.82) is 0 Å². The Bertz CT molecular complexity index is 579. The molecule has 150 valence electrons. The summed E-state index contributed by atoms with van der Waals surface area (Å²) in [5.74, 6) is 0.0325. The zero-order valence-electron chi connectivity index (χ0n) is 15.7. The second kappa shape index (κ2) is 8.02. The van der Waals surface area contributed by atoms with Crippen molar-refractivity contribution < 1.29 is 18.5 Å². The number of nitrogens with zero attached hydrogens (tertiary/aromatic N) is 2. The minimum atomic E-state index is -3.52.